The predicted molar refractivity (Wildman–Crippen MR) is 118 cm³/mol. The molecule has 0 amide bonds. The first-order valence-corrected chi connectivity index (χ1v) is 11.9. The summed E-state index contributed by atoms with van der Waals surface area (Å²) in [5.74, 6) is -0.460. The number of hydrogen-bond donors (Lipinski definition) is 0. The molecule has 0 saturated carbocycles. The van der Waals surface area contributed by atoms with E-state index in [1.807, 2.05) is 0 Å². The third-order valence-electron chi connectivity index (χ3n) is 6.51. The highest BCUT2D eigenvalue weighted by Gasteiger charge is 2.33. The molecule has 2 atom stereocenters. The molecular weight excluding hydrogens is 378 g/mol. The molecule has 30 heavy (non-hydrogen) atoms. The Labute approximate surface area is 181 Å². The fourth-order valence-corrected chi connectivity index (χ4v) is 4.82. The number of carbonyl (C=O) groups is 2. The molecule has 2 aliphatic rings. The smallest absolute Gasteiger partial charge is 0.339 e. The van der Waals surface area contributed by atoms with Gasteiger partial charge in [0.05, 0.1) is 24.3 Å². The van der Waals surface area contributed by atoms with Crippen LogP contribution in [0.25, 0.3) is 0 Å². The van der Waals surface area contributed by atoms with Crippen LogP contribution >= 0.6 is 0 Å². The van der Waals surface area contributed by atoms with E-state index in [0.29, 0.717) is 36.3 Å². The average Bonchev–Trinajstić information content (AvgIpc) is 2.79. The van der Waals surface area contributed by atoms with Crippen LogP contribution in [0, 0.1) is 5.92 Å². The molecule has 166 valence electrons. The van der Waals surface area contributed by atoms with Crippen LogP contribution in [0.1, 0.15) is 91.8 Å². The summed E-state index contributed by atoms with van der Waals surface area (Å²) in [6, 6.07) is 7.37. The van der Waals surface area contributed by atoms with Gasteiger partial charge in [0.2, 0.25) is 0 Å². The van der Waals surface area contributed by atoms with Crippen molar-refractivity contribution in [3.8, 4) is 0 Å². The first-order valence-electron chi connectivity index (χ1n) is 11.9. The van der Waals surface area contributed by atoms with Crippen LogP contribution < -0.4 is 0 Å². The van der Waals surface area contributed by atoms with Gasteiger partial charge in [0, 0.05) is 12.0 Å². The molecule has 2 heterocycles. The van der Waals surface area contributed by atoms with E-state index in [9.17, 15) is 9.59 Å². The van der Waals surface area contributed by atoms with Crippen LogP contribution in [0.15, 0.2) is 24.3 Å². The van der Waals surface area contributed by atoms with Crippen LogP contribution in [0.2, 0.25) is 0 Å². The summed E-state index contributed by atoms with van der Waals surface area (Å²) >= 11 is 0. The fourth-order valence-electron chi connectivity index (χ4n) is 4.82. The van der Waals surface area contributed by atoms with Crippen LogP contribution in [-0.2, 0) is 9.47 Å². The Hall–Kier alpha value is -1.88. The first kappa shape index (κ1) is 22.8. The van der Waals surface area contributed by atoms with Gasteiger partial charge < -0.3 is 9.47 Å². The van der Waals surface area contributed by atoms with E-state index in [1.165, 1.54) is 51.6 Å². The van der Waals surface area contributed by atoms with Crippen molar-refractivity contribution in [1.82, 2.24) is 4.90 Å². The number of ether oxygens (including phenoxy) is 2. The molecule has 2 saturated heterocycles. The third kappa shape index (κ3) is 6.31. The lowest BCUT2D eigenvalue weighted by molar-refractivity contribution is 0.00711. The van der Waals surface area contributed by atoms with Crippen LogP contribution in [0.3, 0.4) is 0 Å². The lowest BCUT2D eigenvalue weighted by Gasteiger charge is -2.44. The predicted octanol–water partition coefficient (Wildman–Crippen LogP) is 5.24. The van der Waals surface area contributed by atoms with Gasteiger partial charge in [-0.25, -0.2) is 9.59 Å². The molecule has 0 radical (unpaired) electrons. The van der Waals surface area contributed by atoms with Crippen molar-refractivity contribution in [2.75, 3.05) is 26.3 Å². The topological polar surface area (TPSA) is 55.8 Å². The van der Waals surface area contributed by atoms with Gasteiger partial charge in [0.15, 0.2) is 0 Å². The average molecular weight is 416 g/mol. The number of rotatable bonds is 10. The van der Waals surface area contributed by atoms with Crippen molar-refractivity contribution in [2.24, 2.45) is 5.92 Å². The highest BCUT2D eigenvalue weighted by atomic mass is 16.5. The van der Waals surface area contributed by atoms with Gasteiger partial charge in [0.1, 0.15) is 0 Å². The van der Waals surface area contributed by atoms with Crippen molar-refractivity contribution >= 4 is 11.9 Å². The van der Waals surface area contributed by atoms with E-state index in [2.05, 4.69) is 11.8 Å². The molecule has 0 aromatic heterocycles. The summed E-state index contributed by atoms with van der Waals surface area (Å²) < 4.78 is 11.1. The van der Waals surface area contributed by atoms with Gasteiger partial charge in [-0.05, 0) is 57.3 Å². The van der Waals surface area contributed by atoms with Gasteiger partial charge in [-0.2, -0.15) is 0 Å². The minimum atomic E-state index is -0.436. The number of piperidine rings is 2. The summed E-state index contributed by atoms with van der Waals surface area (Å²) in [7, 11) is 0. The molecule has 1 aromatic carbocycles. The fraction of sp³-hybridized carbons (Fsp3) is 0.680. The number of benzene rings is 1. The van der Waals surface area contributed by atoms with Gasteiger partial charge in [-0.1, -0.05) is 51.2 Å². The minimum Gasteiger partial charge on any atom is -0.462 e. The second-order valence-corrected chi connectivity index (χ2v) is 8.70. The summed E-state index contributed by atoms with van der Waals surface area (Å²) in [5, 5.41) is 0. The Morgan fingerprint density at radius 3 is 2.37 bits per heavy atom. The second-order valence-electron chi connectivity index (χ2n) is 8.70. The number of fused-ring (bicyclic) bond motifs is 1. The molecule has 5 heteroatoms. The first-order chi connectivity index (χ1) is 14.7. The molecule has 3 rings (SSSR count). The van der Waals surface area contributed by atoms with Crippen molar-refractivity contribution < 1.29 is 19.1 Å². The van der Waals surface area contributed by atoms with Gasteiger partial charge in [-0.3, -0.25) is 4.90 Å². The highest BCUT2D eigenvalue weighted by Crippen LogP contribution is 2.31. The van der Waals surface area contributed by atoms with Gasteiger partial charge in [0.25, 0.3) is 0 Å². The lowest BCUT2D eigenvalue weighted by atomic mass is 9.84. The molecule has 0 spiro atoms. The highest BCUT2D eigenvalue weighted by molar-refractivity contribution is 6.03. The monoisotopic (exact) mass is 415 g/mol. The molecule has 0 aliphatic carbocycles. The maximum atomic E-state index is 12.8. The summed E-state index contributed by atoms with van der Waals surface area (Å²) in [6.45, 7) is 5.34. The molecule has 2 fully saturated rings. The van der Waals surface area contributed by atoms with Crippen LogP contribution in [0.4, 0.5) is 0 Å². The number of nitrogens with zero attached hydrogens (tertiary/aromatic N) is 1. The van der Waals surface area contributed by atoms with Crippen molar-refractivity contribution in [2.45, 2.75) is 77.2 Å². The third-order valence-corrected chi connectivity index (χ3v) is 6.51. The van der Waals surface area contributed by atoms with E-state index in [1.54, 1.807) is 24.3 Å². The Kier molecular flexibility index (Phi) is 9.19. The Balaban J connectivity index is 1.51. The minimum absolute atomic E-state index is 0.305. The largest absolute Gasteiger partial charge is 0.462 e. The van der Waals surface area contributed by atoms with Gasteiger partial charge >= 0.3 is 11.9 Å². The maximum absolute atomic E-state index is 12.8. The van der Waals surface area contributed by atoms with E-state index in [4.69, 9.17) is 9.47 Å². The van der Waals surface area contributed by atoms with Crippen LogP contribution in [0.5, 0.6) is 0 Å². The Morgan fingerprint density at radius 1 is 0.900 bits per heavy atom. The van der Waals surface area contributed by atoms with Crippen LogP contribution in [-0.4, -0.2) is 49.2 Å². The maximum Gasteiger partial charge on any atom is 0.339 e. The molecular formula is C25H37NO4. The van der Waals surface area contributed by atoms with Crippen molar-refractivity contribution in [3.05, 3.63) is 35.4 Å². The Morgan fingerprint density at radius 2 is 1.60 bits per heavy atom. The molecule has 2 aliphatic heterocycles. The SMILES string of the molecule is CCCCCCCOC(=O)c1ccccc1C(=O)OCC1CCCN2CCCCC12. The summed E-state index contributed by atoms with van der Waals surface area (Å²) in [4.78, 5) is 27.9. The zero-order chi connectivity index (χ0) is 21.2. The number of unbranched alkanes of at least 4 members (excludes halogenated alkanes) is 4. The molecule has 0 bridgehead atoms. The lowest BCUT2D eigenvalue weighted by Crippen LogP contribution is -2.49. The molecule has 2 unspecified atom stereocenters. The standard InChI is InChI=1S/C25H37NO4/c1-2-3-4-5-10-18-29-24(27)21-13-6-7-14-22(21)25(28)30-19-20-12-11-17-26-16-9-8-15-23(20)26/h6-7,13-14,20,23H,2-5,8-12,15-19H2,1H3. The molecule has 5 nitrogen and oxygen atoms in total. The quantitative estimate of drug-likeness (QED) is 0.387. The van der Waals surface area contributed by atoms with E-state index in [0.717, 1.165) is 25.7 Å². The Bertz CT molecular complexity index is 687. The van der Waals surface area contributed by atoms with E-state index >= 15 is 0 Å². The van der Waals surface area contributed by atoms with E-state index < -0.39 is 11.9 Å². The normalized spacial score (nSPS) is 21.6. The second kappa shape index (κ2) is 12.1. The number of esters is 2. The number of carbonyl (C=O) groups excluding carboxylic acids is 2. The van der Waals surface area contributed by atoms with E-state index in [-0.39, 0.29) is 0 Å². The zero-order valence-corrected chi connectivity index (χ0v) is 18.4. The summed E-state index contributed by atoms with van der Waals surface area (Å²) in [6.07, 6.45) is 11.5. The molecule has 0 N–H and O–H groups in total. The van der Waals surface area contributed by atoms with Crippen molar-refractivity contribution in [1.29, 1.82) is 0 Å². The molecule has 1 aromatic rings. The van der Waals surface area contributed by atoms with Gasteiger partial charge in [-0.15, -0.1) is 0 Å². The number of hydrogen-bond acceptors (Lipinski definition) is 5. The van der Waals surface area contributed by atoms with Crippen molar-refractivity contribution in [3.63, 3.8) is 0 Å². The summed E-state index contributed by atoms with van der Waals surface area (Å²) in [5.41, 5.74) is 0.615. The zero-order valence-electron chi connectivity index (χ0n) is 18.4.